The van der Waals surface area contributed by atoms with E-state index in [-0.39, 0.29) is 11.6 Å². The minimum absolute atomic E-state index is 0.0758. The van der Waals surface area contributed by atoms with Crippen molar-refractivity contribution in [2.75, 3.05) is 10.6 Å². The lowest BCUT2D eigenvalue weighted by Gasteiger charge is -2.17. The average molecular weight is 664 g/mol. The first-order valence-corrected chi connectivity index (χ1v) is 15.3. The molecule has 0 fully saturated rings. The molecule has 0 aliphatic carbocycles. The Labute approximate surface area is 268 Å². The molecule has 1 unspecified atom stereocenters. The molecule has 0 saturated carbocycles. The molecule has 0 radical (unpaired) electrons. The molecule has 7 nitrogen and oxygen atoms in total. The average Bonchev–Trinajstić information content (AvgIpc) is 3.05. The molecule has 0 aliphatic heterocycles. The summed E-state index contributed by atoms with van der Waals surface area (Å²) in [5, 5.41) is 7.96. The Morgan fingerprint density at radius 2 is 1.48 bits per heavy atom. The minimum Gasteiger partial charge on any atom is -0.321 e. The smallest absolute Gasteiger partial charge is 0.272 e. The number of hydrogen-bond acceptors (Lipinski definition) is 5. The van der Waals surface area contributed by atoms with Crippen LogP contribution in [-0.2, 0) is 9.59 Å². The molecule has 1 atom stereocenters. The van der Waals surface area contributed by atoms with Gasteiger partial charge in [0.1, 0.15) is 16.8 Å². The SMILES string of the molecule is O=C(Nc1cccc(SC(C(=O)Nc2ccccn2)c2ccccc2)c1)/C(=C\c1cccc(Br)c1)NC(=O)c1ccccc1. The van der Waals surface area contributed by atoms with Crippen LogP contribution in [0.3, 0.4) is 0 Å². The molecule has 3 amide bonds. The maximum atomic E-state index is 13.6. The van der Waals surface area contributed by atoms with E-state index in [9.17, 15) is 14.4 Å². The molecule has 3 N–H and O–H groups in total. The Hall–Kier alpha value is -4.99. The molecule has 44 heavy (non-hydrogen) atoms. The first kappa shape index (κ1) is 30.5. The summed E-state index contributed by atoms with van der Waals surface area (Å²) in [5.74, 6) is -0.667. The Morgan fingerprint density at radius 3 is 2.20 bits per heavy atom. The highest BCUT2D eigenvalue weighted by Crippen LogP contribution is 2.37. The number of aromatic nitrogens is 1. The molecule has 0 spiro atoms. The number of rotatable bonds is 10. The van der Waals surface area contributed by atoms with E-state index < -0.39 is 17.1 Å². The Kier molecular flexibility index (Phi) is 10.4. The van der Waals surface area contributed by atoms with Crippen molar-refractivity contribution in [3.8, 4) is 0 Å². The van der Waals surface area contributed by atoms with Gasteiger partial charge in [-0.25, -0.2) is 4.98 Å². The molecular formula is C35H27BrN4O3S. The molecule has 0 saturated heterocycles. The molecule has 5 rings (SSSR count). The van der Waals surface area contributed by atoms with Crippen LogP contribution in [0.15, 0.2) is 149 Å². The van der Waals surface area contributed by atoms with Crippen LogP contribution in [0.2, 0.25) is 0 Å². The summed E-state index contributed by atoms with van der Waals surface area (Å²) < 4.78 is 0.838. The Morgan fingerprint density at radius 1 is 0.750 bits per heavy atom. The van der Waals surface area contributed by atoms with Crippen LogP contribution in [0.1, 0.15) is 26.7 Å². The van der Waals surface area contributed by atoms with Gasteiger partial charge in [-0.1, -0.05) is 88.7 Å². The van der Waals surface area contributed by atoms with Gasteiger partial charge in [0.2, 0.25) is 5.91 Å². The normalized spacial score (nSPS) is 11.7. The molecule has 1 aromatic heterocycles. The summed E-state index contributed by atoms with van der Waals surface area (Å²) in [6, 6.07) is 38.1. The van der Waals surface area contributed by atoms with Crippen molar-refractivity contribution in [3.63, 3.8) is 0 Å². The van der Waals surface area contributed by atoms with Crippen LogP contribution in [-0.4, -0.2) is 22.7 Å². The molecule has 1 heterocycles. The number of benzene rings is 4. The first-order valence-electron chi connectivity index (χ1n) is 13.6. The number of pyridine rings is 1. The van der Waals surface area contributed by atoms with E-state index in [1.54, 1.807) is 72.9 Å². The third-order valence-corrected chi connectivity index (χ3v) is 8.03. The number of anilines is 2. The highest BCUT2D eigenvalue weighted by molar-refractivity contribution is 9.10. The fraction of sp³-hybridized carbons (Fsp3) is 0.0286. The second-order valence-corrected chi connectivity index (χ2v) is 11.6. The molecule has 4 aromatic carbocycles. The predicted octanol–water partition coefficient (Wildman–Crippen LogP) is 7.73. The zero-order chi connectivity index (χ0) is 30.7. The van der Waals surface area contributed by atoms with E-state index in [1.807, 2.05) is 66.7 Å². The van der Waals surface area contributed by atoms with Crippen LogP contribution >= 0.6 is 27.7 Å². The van der Waals surface area contributed by atoms with Gasteiger partial charge in [0.05, 0.1) is 0 Å². The second kappa shape index (κ2) is 15.0. The number of amides is 3. The third-order valence-electron chi connectivity index (χ3n) is 6.29. The van der Waals surface area contributed by atoms with Gasteiger partial charge in [0.15, 0.2) is 0 Å². The number of carbonyl (C=O) groups is 3. The van der Waals surface area contributed by atoms with Crippen molar-refractivity contribution >= 4 is 63.0 Å². The summed E-state index contributed by atoms with van der Waals surface area (Å²) in [6.07, 6.45) is 3.24. The fourth-order valence-corrected chi connectivity index (χ4v) is 5.72. The summed E-state index contributed by atoms with van der Waals surface area (Å²) >= 11 is 4.80. The lowest BCUT2D eigenvalue weighted by atomic mass is 10.1. The van der Waals surface area contributed by atoms with E-state index in [2.05, 4.69) is 36.9 Å². The van der Waals surface area contributed by atoms with E-state index in [4.69, 9.17) is 0 Å². The van der Waals surface area contributed by atoms with Gasteiger partial charge < -0.3 is 16.0 Å². The predicted molar refractivity (Wildman–Crippen MR) is 179 cm³/mol. The van der Waals surface area contributed by atoms with Gasteiger partial charge in [-0.3, -0.25) is 14.4 Å². The Balaban J connectivity index is 1.37. The van der Waals surface area contributed by atoms with E-state index in [0.717, 1.165) is 20.5 Å². The van der Waals surface area contributed by atoms with Crippen molar-refractivity contribution < 1.29 is 14.4 Å². The fourth-order valence-electron chi connectivity index (χ4n) is 4.22. The zero-order valence-electron chi connectivity index (χ0n) is 23.3. The van der Waals surface area contributed by atoms with Gasteiger partial charge in [0.25, 0.3) is 11.8 Å². The van der Waals surface area contributed by atoms with Crippen molar-refractivity contribution in [2.45, 2.75) is 10.1 Å². The Bertz CT molecular complexity index is 1780. The standard InChI is InChI=1S/C35H27BrN4O3S/c36-27-16-9-11-24(21-27)22-30(39-33(41)26-14-5-2-6-15-26)34(42)38-28-17-10-18-29(23-28)44-32(25-12-3-1-4-13-25)35(43)40-31-19-7-8-20-37-31/h1-23,32H,(H,38,42)(H,39,41)(H,37,40,43)/b30-22+. The number of halogens is 1. The quantitative estimate of drug-likeness (QED) is 0.105. The number of nitrogens with one attached hydrogen (secondary N) is 3. The number of carbonyl (C=O) groups excluding carboxylic acids is 3. The van der Waals surface area contributed by atoms with Gasteiger partial charge in [0, 0.05) is 26.8 Å². The molecular weight excluding hydrogens is 636 g/mol. The van der Waals surface area contributed by atoms with Gasteiger partial charge in [-0.15, -0.1) is 11.8 Å². The molecule has 5 aromatic rings. The first-order chi connectivity index (χ1) is 21.4. The molecule has 218 valence electrons. The summed E-state index contributed by atoms with van der Waals surface area (Å²) in [4.78, 5) is 44.9. The van der Waals surface area contributed by atoms with Crippen molar-refractivity contribution in [1.29, 1.82) is 0 Å². The van der Waals surface area contributed by atoms with E-state index in [0.29, 0.717) is 17.1 Å². The topological polar surface area (TPSA) is 100 Å². The van der Waals surface area contributed by atoms with Crippen LogP contribution in [0.25, 0.3) is 6.08 Å². The molecule has 9 heteroatoms. The molecule has 0 bridgehead atoms. The van der Waals surface area contributed by atoms with Crippen LogP contribution < -0.4 is 16.0 Å². The van der Waals surface area contributed by atoms with Gasteiger partial charge >= 0.3 is 0 Å². The molecule has 0 aliphatic rings. The number of nitrogens with zero attached hydrogens (tertiary/aromatic N) is 1. The van der Waals surface area contributed by atoms with E-state index in [1.165, 1.54) is 11.8 Å². The maximum absolute atomic E-state index is 13.6. The van der Waals surface area contributed by atoms with Crippen LogP contribution in [0.4, 0.5) is 11.5 Å². The third kappa shape index (κ3) is 8.53. The zero-order valence-corrected chi connectivity index (χ0v) is 25.7. The summed E-state index contributed by atoms with van der Waals surface area (Å²) in [5.41, 5.74) is 2.56. The van der Waals surface area contributed by atoms with E-state index >= 15 is 0 Å². The van der Waals surface area contributed by atoms with Crippen molar-refractivity contribution in [3.05, 3.63) is 160 Å². The van der Waals surface area contributed by atoms with Gasteiger partial charge in [-0.05, 0) is 71.8 Å². The monoisotopic (exact) mass is 662 g/mol. The van der Waals surface area contributed by atoms with Crippen molar-refractivity contribution in [1.82, 2.24) is 10.3 Å². The largest absolute Gasteiger partial charge is 0.321 e. The minimum atomic E-state index is -0.582. The maximum Gasteiger partial charge on any atom is 0.272 e. The number of thioether (sulfide) groups is 1. The highest BCUT2D eigenvalue weighted by atomic mass is 79.9. The summed E-state index contributed by atoms with van der Waals surface area (Å²) in [7, 11) is 0. The van der Waals surface area contributed by atoms with Gasteiger partial charge in [-0.2, -0.15) is 0 Å². The number of hydrogen-bond donors (Lipinski definition) is 3. The van der Waals surface area contributed by atoms with Crippen LogP contribution in [0, 0.1) is 0 Å². The lowest BCUT2D eigenvalue weighted by molar-refractivity contribution is -0.116. The van der Waals surface area contributed by atoms with Crippen molar-refractivity contribution in [2.24, 2.45) is 0 Å². The van der Waals surface area contributed by atoms with Crippen LogP contribution in [0.5, 0.6) is 0 Å². The lowest BCUT2D eigenvalue weighted by Crippen LogP contribution is -2.30. The second-order valence-electron chi connectivity index (χ2n) is 9.53. The summed E-state index contributed by atoms with van der Waals surface area (Å²) in [6.45, 7) is 0. The highest BCUT2D eigenvalue weighted by Gasteiger charge is 2.23.